The van der Waals surface area contributed by atoms with Crippen LogP contribution in [0, 0.1) is 0 Å². The van der Waals surface area contributed by atoms with E-state index >= 15 is 0 Å². The van der Waals surface area contributed by atoms with Gasteiger partial charge in [0.2, 0.25) is 5.52 Å². The van der Waals surface area contributed by atoms with Crippen LogP contribution >= 0.6 is 0 Å². The first-order chi connectivity index (χ1) is 15.4. The second-order valence-corrected chi connectivity index (χ2v) is 7.83. The SMILES string of the molecule is c1ccc(-n2c3[n+](c4c5cccnc5n(-c5ccccc5)c42)Cc2cnccc2-3)cc1. The molecule has 4 aromatic heterocycles. The van der Waals surface area contributed by atoms with Crippen LogP contribution in [0.5, 0.6) is 0 Å². The summed E-state index contributed by atoms with van der Waals surface area (Å²) in [5.74, 6) is 1.18. The molecule has 2 aromatic carbocycles. The van der Waals surface area contributed by atoms with Crippen LogP contribution < -0.4 is 4.57 Å². The van der Waals surface area contributed by atoms with E-state index in [2.05, 4.69) is 85.4 Å². The Bertz CT molecular complexity index is 1590. The van der Waals surface area contributed by atoms with Gasteiger partial charge in [0.15, 0.2) is 5.65 Å². The molecule has 0 amide bonds. The molecule has 146 valence electrons. The monoisotopic (exact) mass is 400 g/mol. The zero-order valence-corrected chi connectivity index (χ0v) is 16.7. The van der Waals surface area contributed by atoms with E-state index in [0.717, 1.165) is 34.6 Å². The molecule has 5 nitrogen and oxygen atoms in total. The molecule has 1 aliphatic rings. The van der Waals surface area contributed by atoms with Crippen molar-refractivity contribution in [3.05, 3.63) is 103 Å². The topological polar surface area (TPSA) is 39.5 Å². The van der Waals surface area contributed by atoms with Crippen LogP contribution in [0.15, 0.2) is 97.5 Å². The maximum atomic E-state index is 4.80. The van der Waals surface area contributed by atoms with Gasteiger partial charge in [0.05, 0.1) is 16.6 Å². The van der Waals surface area contributed by atoms with Gasteiger partial charge in [-0.15, -0.1) is 0 Å². The van der Waals surface area contributed by atoms with Gasteiger partial charge in [-0.05, 0) is 42.5 Å². The van der Waals surface area contributed by atoms with Crippen molar-refractivity contribution in [2.24, 2.45) is 0 Å². The number of imidazole rings is 1. The molecule has 7 rings (SSSR count). The smallest absolute Gasteiger partial charge is 0.264 e. The number of hydrogen-bond acceptors (Lipinski definition) is 2. The average Bonchev–Trinajstić information content (AvgIpc) is 3.46. The Hall–Kier alpha value is -4.25. The Balaban J connectivity index is 1.74. The van der Waals surface area contributed by atoms with Crippen molar-refractivity contribution in [3.63, 3.8) is 0 Å². The highest BCUT2D eigenvalue weighted by molar-refractivity contribution is 6.04. The summed E-state index contributed by atoms with van der Waals surface area (Å²) in [6.07, 6.45) is 5.74. The van der Waals surface area contributed by atoms with Crippen molar-refractivity contribution in [3.8, 4) is 22.8 Å². The molecule has 5 heteroatoms. The highest BCUT2D eigenvalue weighted by atomic mass is 15.3. The molecule has 6 aromatic rings. The highest BCUT2D eigenvalue weighted by Gasteiger charge is 2.39. The number of rotatable bonds is 2. The van der Waals surface area contributed by atoms with Gasteiger partial charge in [-0.3, -0.25) is 9.55 Å². The average molecular weight is 400 g/mol. The first-order valence-corrected chi connectivity index (χ1v) is 10.4. The minimum atomic E-state index is 0.803. The molecule has 0 spiro atoms. The molecule has 0 saturated carbocycles. The van der Waals surface area contributed by atoms with Crippen molar-refractivity contribution < 1.29 is 4.57 Å². The zero-order chi connectivity index (χ0) is 20.4. The Kier molecular flexibility index (Phi) is 3.27. The van der Waals surface area contributed by atoms with E-state index in [0.29, 0.717) is 0 Å². The second kappa shape index (κ2) is 6.12. The van der Waals surface area contributed by atoms with E-state index in [1.807, 2.05) is 30.7 Å². The summed E-state index contributed by atoms with van der Waals surface area (Å²) >= 11 is 0. The fourth-order valence-electron chi connectivity index (χ4n) is 4.89. The number of aromatic nitrogens is 5. The summed E-state index contributed by atoms with van der Waals surface area (Å²) in [6, 6.07) is 27.4. The summed E-state index contributed by atoms with van der Waals surface area (Å²) in [6.45, 7) is 0.803. The van der Waals surface area contributed by atoms with Gasteiger partial charge in [-0.2, -0.15) is 4.57 Å². The predicted molar refractivity (Wildman–Crippen MR) is 120 cm³/mol. The van der Waals surface area contributed by atoms with Gasteiger partial charge in [0, 0.05) is 24.2 Å². The van der Waals surface area contributed by atoms with E-state index < -0.39 is 0 Å². The van der Waals surface area contributed by atoms with Crippen LogP contribution in [0.25, 0.3) is 45.0 Å². The highest BCUT2D eigenvalue weighted by Crippen LogP contribution is 2.38. The molecular formula is C26H18N5+. The molecule has 0 radical (unpaired) electrons. The zero-order valence-electron chi connectivity index (χ0n) is 16.7. The van der Waals surface area contributed by atoms with Crippen molar-refractivity contribution in [2.45, 2.75) is 6.54 Å². The standard InChI is InChI=1S/C26H18N5/c1-3-8-19(9-4-1)30-24-22(12-7-14-28-24)23-26(30)31(20-10-5-2-6-11-20)25-21-13-15-27-16-18(21)17-29(23)25/h1-16H,17H2/q+1. The third-order valence-corrected chi connectivity index (χ3v) is 6.13. The molecule has 31 heavy (non-hydrogen) atoms. The normalized spacial score (nSPS) is 12.4. The molecule has 0 N–H and O–H groups in total. The third kappa shape index (κ3) is 2.17. The number of nitrogens with zero attached hydrogens (tertiary/aromatic N) is 5. The van der Waals surface area contributed by atoms with E-state index in [9.17, 15) is 0 Å². The molecule has 0 unspecified atom stereocenters. The molecule has 1 aliphatic heterocycles. The Morgan fingerprint density at radius 3 is 2.26 bits per heavy atom. The van der Waals surface area contributed by atoms with Crippen molar-refractivity contribution >= 4 is 22.2 Å². The first kappa shape index (κ1) is 16.5. The minimum Gasteiger partial charge on any atom is -0.264 e. The van der Waals surface area contributed by atoms with Crippen LogP contribution in [0.2, 0.25) is 0 Å². The molecule has 0 bridgehead atoms. The third-order valence-electron chi connectivity index (χ3n) is 6.13. The van der Waals surface area contributed by atoms with Crippen molar-refractivity contribution in [1.82, 2.24) is 19.1 Å². The lowest BCUT2D eigenvalue weighted by Crippen LogP contribution is -2.31. The van der Waals surface area contributed by atoms with Gasteiger partial charge < -0.3 is 0 Å². The Morgan fingerprint density at radius 1 is 0.742 bits per heavy atom. The van der Waals surface area contributed by atoms with Crippen LogP contribution in [0.1, 0.15) is 5.56 Å². The van der Waals surface area contributed by atoms with E-state index in [1.165, 1.54) is 22.5 Å². The number of hydrogen-bond donors (Lipinski definition) is 0. The largest absolute Gasteiger partial charge is 0.297 e. The molecule has 0 fully saturated rings. The maximum Gasteiger partial charge on any atom is 0.297 e. The lowest BCUT2D eigenvalue weighted by molar-refractivity contribution is -0.645. The Morgan fingerprint density at radius 2 is 1.48 bits per heavy atom. The fourth-order valence-corrected chi connectivity index (χ4v) is 4.89. The molecule has 0 saturated heterocycles. The Labute approximate surface area is 178 Å². The van der Waals surface area contributed by atoms with Crippen LogP contribution in [0.4, 0.5) is 0 Å². The van der Waals surface area contributed by atoms with Crippen LogP contribution in [-0.4, -0.2) is 19.1 Å². The van der Waals surface area contributed by atoms with Gasteiger partial charge in [0.25, 0.3) is 11.5 Å². The lowest BCUT2D eigenvalue weighted by atomic mass is 10.1. The minimum absolute atomic E-state index is 0.803. The maximum absolute atomic E-state index is 4.80. The first-order valence-electron chi connectivity index (χ1n) is 10.4. The molecule has 0 aliphatic carbocycles. The van der Waals surface area contributed by atoms with Gasteiger partial charge in [-0.25, -0.2) is 9.55 Å². The number of para-hydroxylation sites is 2. The number of pyridine rings is 2. The quantitative estimate of drug-likeness (QED) is 0.395. The van der Waals surface area contributed by atoms with E-state index in [-0.39, 0.29) is 0 Å². The number of fused-ring (bicyclic) bond motifs is 7. The van der Waals surface area contributed by atoms with Crippen LogP contribution in [0.3, 0.4) is 0 Å². The lowest BCUT2D eigenvalue weighted by Gasteiger charge is -2.07. The molecule has 5 heterocycles. The fraction of sp³-hybridized carbons (Fsp3) is 0.0385. The van der Waals surface area contributed by atoms with Crippen molar-refractivity contribution in [1.29, 1.82) is 0 Å². The summed E-state index contributed by atoms with van der Waals surface area (Å²) < 4.78 is 7.07. The predicted octanol–water partition coefficient (Wildman–Crippen LogP) is 4.68. The van der Waals surface area contributed by atoms with Crippen molar-refractivity contribution in [2.75, 3.05) is 0 Å². The summed E-state index contributed by atoms with van der Waals surface area (Å²) in [4.78, 5) is 9.18. The number of benzene rings is 2. The second-order valence-electron chi connectivity index (χ2n) is 7.83. The summed E-state index contributed by atoms with van der Waals surface area (Å²) in [7, 11) is 0. The molecular weight excluding hydrogens is 382 g/mol. The molecule has 0 atom stereocenters. The van der Waals surface area contributed by atoms with Gasteiger partial charge >= 0.3 is 0 Å². The van der Waals surface area contributed by atoms with Gasteiger partial charge in [0.1, 0.15) is 12.2 Å². The van der Waals surface area contributed by atoms with Crippen LogP contribution in [-0.2, 0) is 6.54 Å². The van der Waals surface area contributed by atoms with Gasteiger partial charge in [-0.1, -0.05) is 36.4 Å². The summed E-state index contributed by atoms with van der Waals surface area (Å²) in [5.41, 5.74) is 8.00. The summed E-state index contributed by atoms with van der Waals surface area (Å²) in [5, 5.41) is 1.15. The van der Waals surface area contributed by atoms with E-state index in [1.54, 1.807) is 0 Å². The van der Waals surface area contributed by atoms with E-state index in [4.69, 9.17) is 4.98 Å².